The van der Waals surface area contributed by atoms with Gasteiger partial charge in [-0.15, -0.1) is 11.3 Å². The topological polar surface area (TPSA) is 46.9 Å². The van der Waals surface area contributed by atoms with Crippen molar-refractivity contribution in [1.82, 2.24) is 9.55 Å². The zero-order chi connectivity index (χ0) is 24.2. The number of anilines is 1. The van der Waals surface area contributed by atoms with E-state index in [0.717, 1.165) is 23.4 Å². The van der Waals surface area contributed by atoms with E-state index in [0.29, 0.717) is 17.1 Å². The molecule has 0 radical (unpaired) electrons. The van der Waals surface area contributed by atoms with Gasteiger partial charge in [-0.2, -0.15) is 0 Å². The first-order chi connectivity index (χ1) is 17.1. The van der Waals surface area contributed by atoms with Crippen LogP contribution in [0, 0.1) is 13.8 Å². The van der Waals surface area contributed by atoms with Crippen molar-refractivity contribution in [2.75, 3.05) is 5.32 Å². The molecule has 0 fully saturated rings. The average Bonchev–Trinajstić information content (AvgIpc) is 3.45. The molecular formula is C30H27N3OS. The van der Waals surface area contributed by atoms with Gasteiger partial charge in [0.2, 0.25) is 0 Å². The van der Waals surface area contributed by atoms with Gasteiger partial charge in [-0.3, -0.25) is 10.1 Å². The maximum atomic E-state index is 13.2. The molecule has 0 aliphatic heterocycles. The summed E-state index contributed by atoms with van der Waals surface area (Å²) in [6.07, 6.45) is 0.709. The lowest BCUT2D eigenvalue weighted by molar-refractivity contribution is 0.102. The van der Waals surface area contributed by atoms with E-state index in [1.54, 1.807) is 0 Å². The zero-order valence-corrected chi connectivity index (χ0v) is 20.7. The van der Waals surface area contributed by atoms with Gasteiger partial charge in [0.25, 0.3) is 5.91 Å². The standard InChI is InChI=1S/C30H27N3OS/c1-21-17-27(22(2)33(21)19-24-13-7-4-8-14-24)28-20-35-30(31-28)32-29(34)26-16-10-9-15-25(26)18-23-11-5-3-6-12-23/h3-17,20H,18-19H2,1-2H3,(H,31,32,34). The minimum atomic E-state index is -0.132. The van der Waals surface area contributed by atoms with E-state index in [9.17, 15) is 4.79 Å². The molecule has 0 atom stereocenters. The molecule has 0 spiro atoms. The molecular weight excluding hydrogens is 450 g/mol. The van der Waals surface area contributed by atoms with Crippen molar-refractivity contribution >= 4 is 22.4 Å². The second kappa shape index (κ2) is 10.1. The number of carbonyl (C=O) groups excluding carboxylic acids is 1. The van der Waals surface area contributed by atoms with Crippen LogP contribution in [0.1, 0.15) is 38.4 Å². The van der Waals surface area contributed by atoms with Crippen molar-refractivity contribution in [2.45, 2.75) is 26.8 Å². The Bertz CT molecular complexity index is 1450. The number of amides is 1. The summed E-state index contributed by atoms with van der Waals surface area (Å²) in [4.78, 5) is 17.9. The van der Waals surface area contributed by atoms with Crippen molar-refractivity contribution in [1.29, 1.82) is 0 Å². The fourth-order valence-corrected chi connectivity index (χ4v) is 5.11. The van der Waals surface area contributed by atoms with Gasteiger partial charge in [0, 0.05) is 34.4 Å². The number of benzene rings is 3. The van der Waals surface area contributed by atoms with Crippen LogP contribution >= 0.6 is 11.3 Å². The van der Waals surface area contributed by atoms with E-state index >= 15 is 0 Å². The Morgan fingerprint density at radius 1 is 0.886 bits per heavy atom. The van der Waals surface area contributed by atoms with Gasteiger partial charge in [-0.1, -0.05) is 78.9 Å². The molecule has 35 heavy (non-hydrogen) atoms. The minimum absolute atomic E-state index is 0.132. The Morgan fingerprint density at radius 3 is 2.29 bits per heavy atom. The summed E-state index contributed by atoms with van der Waals surface area (Å²) in [5.41, 5.74) is 8.45. The number of thiazole rings is 1. The van der Waals surface area contributed by atoms with Gasteiger partial charge >= 0.3 is 0 Å². The van der Waals surface area contributed by atoms with Gasteiger partial charge in [0.05, 0.1) is 5.69 Å². The summed E-state index contributed by atoms with van der Waals surface area (Å²) in [6, 6.07) is 30.6. The summed E-state index contributed by atoms with van der Waals surface area (Å²) >= 11 is 1.45. The molecule has 2 heterocycles. The van der Waals surface area contributed by atoms with Crippen LogP contribution in [0.5, 0.6) is 0 Å². The quantitative estimate of drug-likeness (QED) is 0.271. The summed E-state index contributed by atoms with van der Waals surface area (Å²) in [7, 11) is 0. The highest BCUT2D eigenvalue weighted by atomic mass is 32.1. The molecule has 2 aromatic heterocycles. The van der Waals surface area contributed by atoms with Crippen molar-refractivity contribution in [3.63, 3.8) is 0 Å². The number of hydrogen-bond acceptors (Lipinski definition) is 3. The Kier molecular flexibility index (Phi) is 6.59. The molecule has 5 aromatic rings. The highest BCUT2D eigenvalue weighted by molar-refractivity contribution is 7.14. The largest absolute Gasteiger partial charge is 0.344 e. The van der Waals surface area contributed by atoms with Crippen LogP contribution in [0.25, 0.3) is 11.3 Å². The van der Waals surface area contributed by atoms with Crippen molar-refractivity contribution in [2.24, 2.45) is 0 Å². The highest BCUT2D eigenvalue weighted by Gasteiger charge is 2.17. The number of aromatic nitrogens is 2. The zero-order valence-electron chi connectivity index (χ0n) is 19.9. The molecule has 0 aliphatic carbocycles. The van der Waals surface area contributed by atoms with Crippen molar-refractivity contribution in [3.8, 4) is 11.3 Å². The van der Waals surface area contributed by atoms with Crippen LogP contribution in [0.4, 0.5) is 5.13 Å². The van der Waals surface area contributed by atoms with Gasteiger partial charge in [-0.25, -0.2) is 4.98 Å². The van der Waals surface area contributed by atoms with Crippen molar-refractivity contribution < 1.29 is 4.79 Å². The smallest absolute Gasteiger partial charge is 0.257 e. The molecule has 5 heteroatoms. The van der Waals surface area contributed by atoms with E-state index in [2.05, 4.69) is 66.2 Å². The normalized spacial score (nSPS) is 10.9. The number of rotatable bonds is 7. The maximum absolute atomic E-state index is 13.2. The van der Waals surface area contributed by atoms with Crippen LogP contribution < -0.4 is 5.32 Å². The molecule has 4 nitrogen and oxygen atoms in total. The minimum Gasteiger partial charge on any atom is -0.344 e. The summed E-state index contributed by atoms with van der Waals surface area (Å²) in [5, 5.41) is 5.63. The predicted molar refractivity (Wildman–Crippen MR) is 144 cm³/mol. The average molecular weight is 478 g/mol. The third-order valence-corrected chi connectivity index (χ3v) is 7.01. The Morgan fingerprint density at radius 2 is 1.54 bits per heavy atom. The lowest BCUT2D eigenvalue weighted by Gasteiger charge is -2.10. The Hall–Kier alpha value is -3.96. The molecule has 0 saturated heterocycles. The second-order valence-corrected chi connectivity index (χ2v) is 9.53. The molecule has 0 bridgehead atoms. The van der Waals surface area contributed by atoms with E-state index in [-0.39, 0.29) is 5.91 Å². The van der Waals surface area contributed by atoms with Crippen molar-refractivity contribution in [3.05, 3.63) is 130 Å². The molecule has 174 valence electrons. The SMILES string of the molecule is Cc1cc(-c2csc(NC(=O)c3ccccc3Cc3ccccc3)n2)c(C)n1Cc1ccccc1. The van der Waals surface area contributed by atoms with Gasteiger partial charge in [0.15, 0.2) is 5.13 Å². The Labute approximate surface area is 209 Å². The third-order valence-electron chi connectivity index (χ3n) is 6.26. The third kappa shape index (κ3) is 5.10. The van der Waals surface area contributed by atoms with Gasteiger partial charge in [-0.05, 0) is 49.1 Å². The van der Waals surface area contributed by atoms with E-state index in [4.69, 9.17) is 4.98 Å². The predicted octanol–water partition coefficient (Wildman–Crippen LogP) is 7.12. The summed E-state index contributed by atoms with van der Waals surface area (Å²) in [6.45, 7) is 5.07. The van der Waals surface area contributed by atoms with Crippen LogP contribution in [0.2, 0.25) is 0 Å². The number of nitrogens with zero attached hydrogens (tertiary/aromatic N) is 2. The molecule has 0 unspecified atom stereocenters. The van der Waals surface area contributed by atoms with E-state index in [1.165, 1.54) is 33.9 Å². The Balaban J connectivity index is 1.34. The molecule has 0 saturated carbocycles. The second-order valence-electron chi connectivity index (χ2n) is 8.67. The maximum Gasteiger partial charge on any atom is 0.257 e. The lowest BCUT2D eigenvalue weighted by atomic mass is 9.99. The monoisotopic (exact) mass is 477 g/mol. The first-order valence-corrected chi connectivity index (χ1v) is 12.6. The number of aryl methyl sites for hydroxylation is 1. The van der Waals surface area contributed by atoms with Crippen LogP contribution in [0.15, 0.2) is 96.4 Å². The van der Waals surface area contributed by atoms with Crippen LogP contribution in [-0.2, 0) is 13.0 Å². The fraction of sp³-hybridized carbons (Fsp3) is 0.133. The van der Waals surface area contributed by atoms with E-state index in [1.807, 2.05) is 53.9 Å². The van der Waals surface area contributed by atoms with E-state index < -0.39 is 0 Å². The lowest BCUT2D eigenvalue weighted by Crippen LogP contribution is -2.14. The molecule has 0 aliphatic rings. The van der Waals surface area contributed by atoms with Crippen LogP contribution in [-0.4, -0.2) is 15.5 Å². The fourth-order valence-electron chi connectivity index (χ4n) is 4.40. The van der Waals surface area contributed by atoms with Crippen LogP contribution in [0.3, 0.4) is 0 Å². The summed E-state index contributed by atoms with van der Waals surface area (Å²) in [5.74, 6) is -0.132. The molecule has 1 amide bonds. The first-order valence-electron chi connectivity index (χ1n) is 11.7. The highest BCUT2D eigenvalue weighted by Crippen LogP contribution is 2.31. The number of nitrogens with one attached hydrogen (secondary N) is 1. The first kappa shape index (κ1) is 22.8. The molecule has 5 rings (SSSR count). The number of carbonyl (C=O) groups is 1. The van der Waals surface area contributed by atoms with Gasteiger partial charge in [0.1, 0.15) is 0 Å². The molecule has 3 aromatic carbocycles. The number of hydrogen-bond donors (Lipinski definition) is 1. The molecule has 1 N–H and O–H groups in total. The summed E-state index contributed by atoms with van der Waals surface area (Å²) < 4.78 is 2.31. The van der Waals surface area contributed by atoms with Gasteiger partial charge < -0.3 is 4.57 Å².